The van der Waals surface area contributed by atoms with Gasteiger partial charge in [-0.05, 0) is 16.7 Å². The van der Waals surface area contributed by atoms with Crippen molar-refractivity contribution in [2.75, 3.05) is 0 Å². The third-order valence-electron chi connectivity index (χ3n) is 4.84. The van der Waals surface area contributed by atoms with E-state index in [-0.39, 0.29) is 0 Å². The van der Waals surface area contributed by atoms with Gasteiger partial charge in [0.05, 0.1) is 12.1 Å². The van der Waals surface area contributed by atoms with Crippen molar-refractivity contribution in [1.29, 1.82) is 10.5 Å². The Kier molecular flexibility index (Phi) is 4.09. The average Bonchev–Trinajstić information content (AvgIpc) is 2.63. The number of carbonyl (C=O) groups is 2. The van der Waals surface area contributed by atoms with E-state index in [2.05, 4.69) is 5.32 Å². The number of rotatable bonds is 2. The number of amides is 2. The molecule has 1 N–H and O–H groups in total. The van der Waals surface area contributed by atoms with E-state index in [1.807, 2.05) is 54.6 Å². The summed E-state index contributed by atoms with van der Waals surface area (Å²) in [5, 5.41) is 21.0. The number of nitrogens with one attached hydrogen (secondary N) is 1. The molecule has 0 aliphatic carbocycles. The van der Waals surface area contributed by atoms with Gasteiger partial charge in [0.1, 0.15) is 11.8 Å². The molecule has 2 aromatic carbocycles. The summed E-state index contributed by atoms with van der Waals surface area (Å²) in [6.45, 7) is 1.63. The first kappa shape index (κ1) is 16.4. The summed E-state index contributed by atoms with van der Waals surface area (Å²) in [7, 11) is 0. The van der Waals surface area contributed by atoms with Gasteiger partial charge in [-0.2, -0.15) is 10.5 Å². The van der Waals surface area contributed by atoms with Crippen molar-refractivity contribution < 1.29 is 9.59 Å². The van der Waals surface area contributed by atoms with E-state index in [9.17, 15) is 20.1 Å². The van der Waals surface area contributed by atoms with Crippen molar-refractivity contribution in [3.63, 3.8) is 0 Å². The molecule has 1 aliphatic heterocycles. The number of nitriles is 2. The monoisotopic (exact) mass is 329 g/mol. The van der Waals surface area contributed by atoms with Gasteiger partial charge < -0.3 is 0 Å². The van der Waals surface area contributed by atoms with Crippen LogP contribution in [0.1, 0.15) is 12.5 Å². The van der Waals surface area contributed by atoms with E-state index >= 15 is 0 Å². The molecule has 25 heavy (non-hydrogen) atoms. The van der Waals surface area contributed by atoms with Crippen LogP contribution in [0.4, 0.5) is 0 Å². The molecule has 0 bridgehead atoms. The first-order chi connectivity index (χ1) is 12.0. The molecule has 2 unspecified atom stereocenters. The van der Waals surface area contributed by atoms with Gasteiger partial charge in [-0.25, -0.2) is 0 Å². The summed E-state index contributed by atoms with van der Waals surface area (Å²) in [5.41, 5.74) is 1.43. The smallest absolute Gasteiger partial charge is 0.244 e. The van der Waals surface area contributed by atoms with Crippen LogP contribution in [0.3, 0.4) is 0 Å². The average molecular weight is 329 g/mol. The highest BCUT2D eigenvalue weighted by molar-refractivity contribution is 6.04. The zero-order valence-corrected chi connectivity index (χ0v) is 13.6. The fraction of sp³-hybridized carbons (Fsp3) is 0.200. The Balaban J connectivity index is 2.08. The minimum absolute atomic E-state index is 0.619. The highest BCUT2D eigenvalue weighted by Crippen LogP contribution is 2.42. The van der Waals surface area contributed by atoms with Crippen molar-refractivity contribution in [2.24, 2.45) is 11.8 Å². The number of carbonyl (C=O) groups excluding carboxylic acids is 2. The topological polar surface area (TPSA) is 93.8 Å². The summed E-state index contributed by atoms with van der Waals surface area (Å²) in [6, 6.07) is 21.0. The molecule has 5 nitrogen and oxygen atoms in total. The highest BCUT2D eigenvalue weighted by Gasteiger charge is 2.54. The van der Waals surface area contributed by atoms with Gasteiger partial charge in [-0.3, -0.25) is 14.9 Å². The van der Waals surface area contributed by atoms with E-state index in [4.69, 9.17) is 0 Å². The third-order valence-corrected chi connectivity index (χ3v) is 4.84. The van der Waals surface area contributed by atoms with Gasteiger partial charge in [-0.15, -0.1) is 0 Å². The van der Waals surface area contributed by atoms with Gasteiger partial charge >= 0.3 is 0 Å². The third kappa shape index (κ3) is 2.56. The zero-order chi connectivity index (χ0) is 18.0. The van der Waals surface area contributed by atoms with Crippen LogP contribution >= 0.6 is 0 Å². The van der Waals surface area contributed by atoms with E-state index in [1.54, 1.807) is 19.1 Å². The number of nitrogens with zero attached hydrogens (tertiary/aromatic N) is 2. The summed E-state index contributed by atoms with van der Waals surface area (Å²) < 4.78 is 0. The maximum Gasteiger partial charge on any atom is 0.244 e. The lowest BCUT2D eigenvalue weighted by Crippen LogP contribution is -2.58. The fourth-order valence-corrected chi connectivity index (χ4v) is 3.35. The molecular formula is C20H15N3O2. The first-order valence-corrected chi connectivity index (χ1v) is 7.82. The molecule has 122 valence electrons. The number of hydrogen-bond acceptors (Lipinski definition) is 4. The zero-order valence-electron chi connectivity index (χ0n) is 13.6. The molecule has 2 atom stereocenters. The summed E-state index contributed by atoms with van der Waals surface area (Å²) in [6.07, 6.45) is 0. The Bertz CT molecular complexity index is 873. The van der Waals surface area contributed by atoms with Gasteiger partial charge in [0.25, 0.3) is 0 Å². The van der Waals surface area contributed by atoms with Crippen LogP contribution in [0.2, 0.25) is 0 Å². The second-order valence-corrected chi connectivity index (χ2v) is 6.20. The lowest BCUT2D eigenvalue weighted by Gasteiger charge is -2.40. The Labute approximate surface area is 145 Å². The number of piperidine rings is 1. The van der Waals surface area contributed by atoms with E-state index < -0.39 is 29.1 Å². The lowest BCUT2D eigenvalue weighted by atomic mass is 9.62. The largest absolute Gasteiger partial charge is 0.294 e. The maximum atomic E-state index is 12.1. The molecule has 2 aromatic rings. The van der Waals surface area contributed by atoms with Gasteiger partial charge in [0, 0.05) is 5.41 Å². The molecule has 0 radical (unpaired) electrons. The summed E-state index contributed by atoms with van der Waals surface area (Å²) >= 11 is 0. The van der Waals surface area contributed by atoms with Crippen LogP contribution in [0.5, 0.6) is 0 Å². The van der Waals surface area contributed by atoms with Crippen molar-refractivity contribution >= 4 is 11.8 Å². The molecule has 1 saturated heterocycles. The molecule has 0 aromatic heterocycles. The molecule has 1 aliphatic rings. The molecule has 2 amide bonds. The molecule has 3 rings (SSSR count). The van der Waals surface area contributed by atoms with Crippen LogP contribution < -0.4 is 5.32 Å². The second kappa shape index (κ2) is 6.22. The minimum Gasteiger partial charge on any atom is -0.294 e. The molecule has 0 saturated carbocycles. The highest BCUT2D eigenvalue weighted by atomic mass is 16.2. The molecular weight excluding hydrogens is 314 g/mol. The predicted molar refractivity (Wildman–Crippen MR) is 90.6 cm³/mol. The van der Waals surface area contributed by atoms with Crippen molar-refractivity contribution in [1.82, 2.24) is 5.32 Å². The fourth-order valence-electron chi connectivity index (χ4n) is 3.35. The minimum atomic E-state index is -1.20. The second-order valence-electron chi connectivity index (χ2n) is 6.20. The number of benzene rings is 2. The number of imide groups is 1. The van der Waals surface area contributed by atoms with Gasteiger partial charge in [-0.1, -0.05) is 61.5 Å². The molecule has 1 fully saturated rings. The summed E-state index contributed by atoms with van der Waals surface area (Å²) in [4.78, 5) is 24.2. The van der Waals surface area contributed by atoms with E-state index in [1.165, 1.54) is 0 Å². The van der Waals surface area contributed by atoms with Crippen LogP contribution in [-0.4, -0.2) is 11.8 Å². The Morgan fingerprint density at radius 2 is 1.32 bits per heavy atom. The Morgan fingerprint density at radius 1 is 0.840 bits per heavy atom. The molecule has 1 heterocycles. The predicted octanol–water partition coefficient (Wildman–Crippen LogP) is 2.55. The summed E-state index contributed by atoms with van der Waals surface area (Å²) in [5.74, 6) is -3.54. The Hall–Kier alpha value is -3.44. The van der Waals surface area contributed by atoms with Crippen LogP contribution in [0, 0.1) is 34.5 Å². The SMILES string of the molecule is CC1(c2ccc(-c3ccccc3)cc2)C(C#N)C(=O)NC(=O)C1C#N. The molecule has 0 spiro atoms. The lowest BCUT2D eigenvalue weighted by molar-refractivity contribution is -0.140. The van der Waals surface area contributed by atoms with Crippen molar-refractivity contribution in [3.05, 3.63) is 60.2 Å². The van der Waals surface area contributed by atoms with Gasteiger partial charge in [0.2, 0.25) is 11.8 Å². The normalized spacial score (nSPS) is 25.6. The van der Waals surface area contributed by atoms with Crippen LogP contribution in [0.15, 0.2) is 54.6 Å². The maximum absolute atomic E-state index is 12.1. The quantitative estimate of drug-likeness (QED) is 0.857. The van der Waals surface area contributed by atoms with Crippen LogP contribution in [-0.2, 0) is 15.0 Å². The van der Waals surface area contributed by atoms with Crippen molar-refractivity contribution in [3.8, 4) is 23.3 Å². The van der Waals surface area contributed by atoms with Crippen LogP contribution in [0.25, 0.3) is 11.1 Å². The standard InChI is InChI=1S/C20H15N3O2/c1-20(16(11-21)18(24)23-19(25)17(20)12-22)15-9-7-14(8-10-15)13-5-3-2-4-6-13/h2-10,16-17H,1H3,(H,23,24,25). The molecule has 5 heteroatoms. The van der Waals surface area contributed by atoms with Gasteiger partial charge in [0.15, 0.2) is 0 Å². The van der Waals surface area contributed by atoms with E-state index in [0.717, 1.165) is 11.1 Å². The van der Waals surface area contributed by atoms with Crippen molar-refractivity contribution in [2.45, 2.75) is 12.3 Å². The van der Waals surface area contributed by atoms with E-state index in [0.29, 0.717) is 5.56 Å². The Morgan fingerprint density at radius 3 is 1.80 bits per heavy atom. The first-order valence-electron chi connectivity index (χ1n) is 7.82. The number of hydrogen-bond donors (Lipinski definition) is 1.